The molecule has 1 aliphatic rings. The van der Waals surface area contributed by atoms with E-state index in [0.29, 0.717) is 6.04 Å². The van der Waals surface area contributed by atoms with Crippen LogP contribution in [0.1, 0.15) is 13.3 Å². The van der Waals surface area contributed by atoms with E-state index < -0.39 is 0 Å². The molecule has 2 unspecified atom stereocenters. The first-order chi connectivity index (χ1) is 5.79. The summed E-state index contributed by atoms with van der Waals surface area (Å²) >= 11 is 0. The molecule has 64 valence electrons. The van der Waals surface area contributed by atoms with Gasteiger partial charge < -0.3 is 10.0 Å². The fraction of sp³-hybridized carbons (Fsp3) is 0.400. The Labute approximate surface area is 72.4 Å². The Hall–Kier alpha value is -1.02. The van der Waals surface area contributed by atoms with E-state index in [4.69, 9.17) is 0 Å². The van der Waals surface area contributed by atoms with Crippen LogP contribution in [0.15, 0.2) is 30.3 Å². The molecule has 0 bridgehead atoms. The third-order valence-electron chi connectivity index (χ3n) is 2.40. The van der Waals surface area contributed by atoms with E-state index in [1.54, 1.807) is 0 Å². The lowest BCUT2D eigenvalue weighted by atomic mass is 10.0. The van der Waals surface area contributed by atoms with Gasteiger partial charge in [0.1, 0.15) is 6.23 Å². The minimum atomic E-state index is -0.276. The third kappa shape index (κ3) is 1.08. The number of rotatable bonds is 1. The van der Waals surface area contributed by atoms with Gasteiger partial charge in [-0.15, -0.1) is 0 Å². The van der Waals surface area contributed by atoms with E-state index in [1.165, 1.54) is 0 Å². The molecule has 0 radical (unpaired) electrons. The maximum absolute atomic E-state index is 9.46. The van der Waals surface area contributed by atoms with Crippen LogP contribution >= 0.6 is 0 Å². The van der Waals surface area contributed by atoms with E-state index in [0.717, 1.165) is 12.1 Å². The van der Waals surface area contributed by atoms with Crippen molar-refractivity contribution in [3.8, 4) is 0 Å². The molecule has 0 spiro atoms. The van der Waals surface area contributed by atoms with Gasteiger partial charge in [-0.05, 0) is 19.1 Å². The zero-order valence-electron chi connectivity index (χ0n) is 7.14. The molecular formula is C10H13NO. The standard InChI is InChI=1S/C10H13NO/c1-8-7-10(12)11(8)9-5-3-2-4-6-9/h2-6,8,10,12H,7H2,1H3. The van der Waals surface area contributed by atoms with Crippen molar-refractivity contribution in [1.82, 2.24) is 0 Å². The van der Waals surface area contributed by atoms with E-state index in [1.807, 2.05) is 35.2 Å². The highest BCUT2D eigenvalue weighted by Crippen LogP contribution is 2.29. The second-order valence-electron chi connectivity index (χ2n) is 3.31. The molecule has 1 aromatic rings. The molecule has 1 heterocycles. The lowest BCUT2D eigenvalue weighted by Crippen LogP contribution is -2.54. The largest absolute Gasteiger partial charge is 0.374 e. The molecule has 2 rings (SSSR count). The number of para-hydroxylation sites is 1. The molecular weight excluding hydrogens is 150 g/mol. The van der Waals surface area contributed by atoms with Crippen LogP contribution in [0.4, 0.5) is 5.69 Å². The monoisotopic (exact) mass is 163 g/mol. The van der Waals surface area contributed by atoms with Gasteiger partial charge in [-0.2, -0.15) is 0 Å². The third-order valence-corrected chi connectivity index (χ3v) is 2.40. The van der Waals surface area contributed by atoms with Crippen LogP contribution in [-0.2, 0) is 0 Å². The molecule has 1 N–H and O–H groups in total. The minimum absolute atomic E-state index is 0.276. The first-order valence-electron chi connectivity index (χ1n) is 4.30. The first kappa shape index (κ1) is 7.62. The Kier molecular flexibility index (Phi) is 1.77. The van der Waals surface area contributed by atoms with Gasteiger partial charge in [0.2, 0.25) is 0 Å². The van der Waals surface area contributed by atoms with Gasteiger partial charge in [-0.3, -0.25) is 0 Å². The number of hydrogen-bond donors (Lipinski definition) is 1. The highest BCUT2D eigenvalue weighted by molar-refractivity contribution is 5.49. The Bertz CT molecular complexity index is 252. The fourth-order valence-corrected chi connectivity index (χ4v) is 1.71. The van der Waals surface area contributed by atoms with E-state index >= 15 is 0 Å². The molecule has 1 aliphatic heterocycles. The van der Waals surface area contributed by atoms with E-state index in [9.17, 15) is 5.11 Å². The maximum atomic E-state index is 9.46. The number of benzene rings is 1. The molecule has 1 aromatic carbocycles. The summed E-state index contributed by atoms with van der Waals surface area (Å²) in [6.07, 6.45) is 0.608. The Balaban J connectivity index is 2.20. The number of anilines is 1. The van der Waals surface area contributed by atoms with Gasteiger partial charge in [0.25, 0.3) is 0 Å². The van der Waals surface area contributed by atoms with Crippen LogP contribution in [-0.4, -0.2) is 17.4 Å². The average Bonchev–Trinajstić information content (AvgIpc) is 2.05. The van der Waals surface area contributed by atoms with Crippen molar-refractivity contribution in [2.24, 2.45) is 0 Å². The van der Waals surface area contributed by atoms with Gasteiger partial charge in [-0.25, -0.2) is 0 Å². The zero-order valence-corrected chi connectivity index (χ0v) is 7.14. The molecule has 0 saturated carbocycles. The van der Waals surface area contributed by atoms with Crippen molar-refractivity contribution in [3.63, 3.8) is 0 Å². The molecule has 0 aromatic heterocycles. The Morgan fingerprint density at radius 3 is 2.50 bits per heavy atom. The van der Waals surface area contributed by atoms with Crippen molar-refractivity contribution in [3.05, 3.63) is 30.3 Å². The predicted molar refractivity (Wildman–Crippen MR) is 49.0 cm³/mol. The Morgan fingerprint density at radius 1 is 1.33 bits per heavy atom. The second-order valence-corrected chi connectivity index (χ2v) is 3.31. The van der Waals surface area contributed by atoms with Gasteiger partial charge in [0.05, 0.1) is 0 Å². The summed E-state index contributed by atoms with van der Waals surface area (Å²) in [5.74, 6) is 0. The molecule has 0 amide bonds. The number of aliphatic hydroxyl groups is 1. The van der Waals surface area contributed by atoms with Crippen LogP contribution in [0.3, 0.4) is 0 Å². The van der Waals surface area contributed by atoms with Crippen molar-refractivity contribution in [2.75, 3.05) is 4.90 Å². The van der Waals surface area contributed by atoms with E-state index in [-0.39, 0.29) is 6.23 Å². The fourth-order valence-electron chi connectivity index (χ4n) is 1.71. The van der Waals surface area contributed by atoms with Crippen LogP contribution in [0.5, 0.6) is 0 Å². The van der Waals surface area contributed by atoms with Gasteiger partial charge in [0, 0.05) is 18.2 Å². The van der Waals surface area contributed by atoms with Crippen LogP contribution in [0, 0.1) is 0 Å². The summed E-state index contributed by atoms with van der Waals surface area (Å²) in [6, 6.07) is 10.5. The molecule has 0 aliphatic carbocycles. The summed E-state index contributed by atoms with van der Waals surface area (Å²) in [4.78, 5) is 2.03. The van der Waals surface area contributed by atoms with Crippen molar-refractivity contribution in [2.45, 2.75) is 25.6 Å². The zero-order chi connectivity index (χ0) is 8.55. The molecule has 1 fully saturated rings. The average molecular weight is 163 g/mol. The maximum Gasteiger partial charge on any atom is 0.129 e. The van der Waals surface area contributed by atoms with Crippen LogP contribution in [0.25, 0.3) is 0 Å². The first-order valence-corrected chi connectivity index (χ1v) is 4.30. The van der Waals surface area contributed by atoms with Crippen LogP contribution < -0.4 is 4.90 Å². The topological polar surface area (TPSA) is 23.5 Å². The predicted octanol–water partition coefficient (Wildman–Crippen LogP) is 1.60. The SMILES string of the molecule is CC1CC(O)N1c1ccccc1. The van der Waals surface area contributed by atoms with Crippen molar-refractivity contribution < 1.29 is 5.11 Å². The van der Waals surface area contributed by atoms with Gasteiger partial charge in [0.15, 0.2) is 0 Å². The van der Waals surface area contributed by atoms with Gasteiger partial charge in [-0.1, -0.05) is 18.2 Å². The van der Waals surface area contributed by atoms with Gasteiger partial charge >= 0.3 is 0 Å². The molecule has 12 heavy (non-hydrogen) atoms. The van der Waals surface area contributed by atoms with E-state index in [2.05, 4.69) is 6.92 Å². The number of nitrogens with zero attached hydrogens (tertiary/aromatic N) is 1. The quantitative estimate of drug-likeness (QED) is 0.679. The van der Waals surface area contributed by atoms with Crippen molar-refractivity contribution >= 4 is 5.69 Å². The lowest BCUT2D eigenvalue weighted by molar-refractivity contribution is 0.0844. The highest BCUT2D eigenvalue weighted by Gasteiger charge is 2.33. The number of hydrogen-bond acceptors (Lipinski definition) is 2. The highest BCUT2D eigenvalue weighted by atomic mass is 16.3. The number of aliphatic hydroxyl groups excluding tert-OH is 1. The second kappa shape index (κ2) is 2.79. The molecule has 1 saturated heterocycles. The summed E-state index contributed by atoms with van der Waals surface area (Å²) < 4.78 is 0. The Morgan fingerprint density at radius 2 is 2.00 bits per heavy atom. The van der Waals surface area contributed by atoms with Crippen LogP contribution in [0.2, 0.25) is 0 Å². The smallest absolute Gasteiger partial charge is 0.129 e. The summed E-state index contributed by atoms with van der Waals surface area (Å²) in [6.45, 7) is 2.12. The normalized spacial score (nSPS) is 28.3. The molecule has 2 heteroatoms. The lowest BCUT2D eigenvalue weighted by Gasteiger charge is -2.45. The summed E-state index contributed by atoms with van der Waals surface area (Å²) in [5, 5.41) is 9.46. The molecule has 2 nitrogen and oxygen atoms in total. The molecule has 2 atom stereocenters. The summed E-state index contributed by atoms with van der Waals surface area (Å²) in [5.41, 5.74) is 1.11. The summed E-state index contributed by atoms with van der Waals surface area (Å²) in [7, 11) is 0. The minimum Gasteiger partial charge on any atom is -0.374 e. The van der Waals surface area contributed by atoms with Crippen molar-refractivity contribution in [1.29, 1.82) is 0 Å².